The lowest BCUT2D eigenvalue weighted by Crippen LogP contribution is -2.42. The molecule has 19 heavy (non-hydrogen) atoms. The predicted molar refractivity (Wildman–Crippen MR) is 68.9 cm³/mol. The van der Waals surface area contributed by atoms with E-state index in [1.165, 1.54) is 12.1 Å². The molecule has 0 aliphatic carbocycles. The number of rotatable bonds is 3. The van der Waals surface area contributed by atoms with Gasteiger partial charge in [-0.1, -0.05) is 6.92 Å². The van der Waals surface area contributed by atoms with Gasteiger partial charge in [0.2, 0.25) is 0 Å². The molecule has 1 heterocycles. The first kappa shape index (κ1) is 13.3. The Bertz CT molecular complexity index is 524. The Kier molecular flexibility index (Phi) is 3.97. The normalized spacial score (nSPS) is 22.5. The summed E-state index contributed by atoms with van der Waals surface area (Å²) in [6, 6.07) is 6.16. The van der Waals surface area contributed by atoms with Crippen molar-refractivity contribution in [3.63, 3.8) is 0 Å². The van der Waals surface area contributed by atoms with Crippen molar-refractivity contribution in [1.82, 2.24) is 5.32 Å². The molecule has 0 aromatic heterocycles. The van der Waals surface area contributed by atoms with E-state index in [-0.39, 0.29) is 17.4 Å². The summed E-state index contributed by atoms with van der Waals surface area (Å²) in [5, 5.41) is 22.9. The maximum Gasteiger partial charge on any atom is 0.290 e. The molecule has 1 aliphatic heterocycles. The number of nitro groups is 1. The Morgan fingerprint density at radius 1 is 1.58 bits per heavy atom. The fourth-order valence-electron chi connectivity index (χ4n) is 2.12. The average Bonchev–Trinajstić information content (AvgIpc) is 2.41. The minimum atomic E-state index is -0.562. The Morgan fingerprint density at radius 3 is 3.00 bits per heavy atom. The van der Waals surface area contributed by atoms with E-state index in [1.54, 1.807) is 12.1 Å². The molecule has 6 nitrogen and oxygen atoms in total. The molecule has 1 aromatic carbocycles. The monoisotopic (exact) mass is 261 g/mol. The van der Waals surface area contributed by atoms with E-state index in [2.05, 4.69) is 12.2 Å². The standard InChI is InChI=1S/C13H15N3O3/c1-9-4-5-15-8-13(9)19-11-3-2-10(7-14)12(6-11)16(17)18/h2-3,6,9,13,15H,4-5,8H2,1H3. The fraction of sp³-hybridized carbons (Fsp3) is 0.462. The Hall–Kier alpha value is -2.13. The Labute approximate surface area is 111 Å². The van der Waals surface area contributed by atoms with Crippen LogP contribution in [0.3, 0.4) is 0 Å². The van der Waals surface area contributed by atoms with E-state index < -0.39 is 4.92 Å². The van der Waals surface area contributed by atoms with Crippen molar-refractivity contribution in [2.75, 3.05) is 13.1 Å². The molecule has 1 aromatic rings. The van der Waals surface area contributed by atoms with Crippen molar-refractivity contribution in [1.29, 1.82) is 5.26 Å². The minimum Gasteiger partial charge on any atom is -0.489 e. The van der Waals surface area contributed by atoms with E-state index in [0.29, 0.717) is 11.7 Å². The van der Waals surface area contributed by atoms with E-state index in [9.17, 15) is 10.1 Å². The molecule has 0 bridgehead atoms. The lowest BCUT2D eigenvalue weighted by atomic mass is 9.97. The summed E-state index contributed by atoms with van der Waals surface area (Å²) in [5.41, 5.74) is -0.163. The maximum atomic E-state index is 10.9. The number of ether oxygens (including phenoxy) is 1. The van der Waals surface area contributed by atoms with Crippen molar-refractivity contribution in [2.45, 2.75) is 19.4 Å². The van der Waals surface area contributed by atoms with Crippen LogP contribution in [0.1, 0.15) is 18.9 Å². The summed E-state index contributed by atoms with van der Waals surface area (Å²) < 4.78 is 5.78. The van der Waals surface area contributed by atoms with E-state index in [0.717, 1.165) is 19.5 Å². The molecular weight excluding hydrogens is 246 g/mol. The van der Waals surface area contributed by atoms with E-state index in [4.69, 9.17) is 10.00 Å². The summed E-state index contributed by atoms with van der Waals surface area (Å²) in [6.07, 6.45) is 1.02. The molecule has 2 atom stereocenters. The molecule has 1 N–H and O–H groups in total. The number of benzene rings is 1. The molecule has 2 rings (SSSR count). The van der Waals surface area contributed by atoms with Gasteiger partial charge in [-0.3, -0.25) is 10.1 Å². The van der Waals surface area contributed by atoms with Gasteiger partial charge in [0, 0.05) is 6.54 Å². The molecule has 6 heteroatoms. The molecule has 2 unspecified atom stereocenters. The highest BCUT2D eigenvalue weighted by Gasteiger charge is 2.24. The quantitative estimate of drug-likeness (QED) is 0.662. The van der Waals surface area contributed by atoms with Crippen LogP contribution in [0.4, 0.5) is 5.69 Å². The molecule has 0 radical (unpaired) electrons. The summed E-state index contributed by atoms with van der Waals surface area (Å²) in [7, 11) is 0. The Morgan fingerprint density at radius 2 is 2.37 bits per heavy atom. The average molecular weight is 261 g/mol. The molecule has 0 saturated carbocycles. The van der Waals surface area contributed by atoms with Gasteiger partial charge in [-0.2, -0.15) is 5.26 Å². The zero-order valence-electron chi connectivity index (χ0n) is 10.6. The van der Waals surface area contributed by atoms with Gasteiger partial charge in [-0.05, 0) is 31.0 Å². The molecule has 1 aliphatic rings. The van der Waals surface area contributed by atoms with Crippen LogP contribution in [-0.4, -0.2) is 24.1 Å². The second kappa shape index (κ2) is 5.67. The number of nitriles is 1. The van der Waals surface area contributed by atoms with Crippen LogP contribution >= 0.6 is 0 Å². The van der Waals surface area contributed by atoms with Crippen LogP contribution in [0.15, 0.2) is 18.2 Å². The predicted octanol–water partition coefficient (Wildman–Crippen LogP) is 1.84. The lowest BCUT2D eigenvalue weighted by molar-refractivity contribution is -0.385. The summed E-state index contributed by atoms with van der Waals surface area (Å²) >= 11 is 0. The van der Waals surface area contributed by atoms with Crippen molar-refractivity contribution in [3.8, 4) is 11.8 Å². The topological polar surface area (TPSA) is 88.2 Å². The van der Waals surface area contributed by atoms with Crippen LogP contribution in [0.5, 0.6) is 5.75 Å². The van der Waals surface area contributed by atoms with Gasteiger partial charge in [0.15, 0.2) is 0 Å². The first-order valence-corrected chi connectivity index (χ1v) is 6.17. The number of nitrogens with zero attached hydrogens (tertiary/aromatic N) is 2. The molecule has 1 saturated heterocycles. The second-order valence-electron chi connectivity index (χ2n) is 4.67. The first-order chi connectivity index (χ1) is 9.11. The van der Waals surface area contributed by atoms with Gasteiger partial charge < -0.3 is 10.1 Å². The second-order valence-corrected chi connectivity index (χ2v) is 4.67. The number of nitrogens with one attached hydrogen (secondary N) is 1. The highest BCUT2D eigenvalue weighted by Crippen LogP contribution is 2.26. The van der Waals surface area contributed by atoms with Crippen LogP contribution in [-0.2, 0) is 0 Å². The zero-order chi connectivity index (χ0) is 13.8. The van der Waals surface area contributed by atoms with Crippen LogP contribution in [0.2, 0.25) is 0 Å². The number of nitro benzene ring substituents is 1. The van der Waals surface area contributed by atoms with Gasteiger partial charge in [-0.15, -0.1) is 0 Å². The third-order valence-electron chi connectivity index (χ3n) is 3.33. The van der Waals surface area contributed by atoms with Gasteiger partial charge in [0.1, 0.15) is 23.5 Å². The van der Waals surface area contributed by atoms with Gasteiger partial charge in [-0.25, -0.2) is 0 Å². The van der Waals surface area contributed by atoms with Crippen LogP contribution < -0.4 is 10.1 Å². The van der Waals surface area contributed by atoms with Crippen molar-refractivity contribution in [2.24, 2.45) is 5.92 Å². The van der Waals surface area contributed by atoms with E-state index in [1.807, 2.05) is 0 Å². The largest absolute Gasteiger partial charge is 0.489 e. The van der Waals surface area contributed by atoms with Crippen molar-refractivity contribution in [3.05, 3.63) is 33.9 Å². The molecular formula is C13H15N3O3. The third kappa shape index (κ3) is 3.01. The summed E-state index contributed by atoms with van der Waals surface area (Å²) in [4.78, 5) is 10.3. The van der Waals surface area contributed by atoms with Gasteiger partial charge in [0.05, 0.1) is 11.0 Å². The summed E-state index contributed by atoms with van der Waals surface area (Å²) in [5.74, 6) is 0.835. The highest BCUT2D eigenvalue weighted by molar-refractivity contribution is 5.52. The smallest absolute Gasteiger partial charge is 0.290 e. The fourth-order valence-corrected chi connectivity index (χ4v) is 2.12. The minimum absolute atomic E-state index is 0.00119. The van der Waals surface area contributed by atoms with Crippen molar-refractivity contribution >= 4 is 5.69 Å². The number of hydrogen-bond donors (Lipinski definition) is 1. The van der Waals surface area contributed by atoms with E-state index >= 15 is 0 Å². The third-order valence-corrected chi connectivity index (χ3v) is 3.33. The SMILES string of the molecule is CC1CCNCC1Oc1ccc(C#N)c([N+](=O)[O-])c1. The Balaban J connectivity index is 2.19. The molecule has 1 fully saturated rings. The molecule has 0 spiro atoms. The first-order valence-electron chi connectivity index (χ1n) is 6.17. The highest BCUT2D eigenvalue weighted by atomic mass is 16.6. The van der Waals surface area contributed by atoms with Crippen LogP contribution in [0.25, 0.3) is 0 Å². The molecule has 100 valence electrons. The lowest BCUT2D eigenvalue weighted by Gasteiger charge is -2.29. The zero-order valence-corrected chi connectivity index (χ0v) is 10.6. The maximum absolute atomic E-state index is 10.9. The number of hydrogen-bond acceptors (Lipinski definition) is 5. The summed E-state index contributed by atoms with van der Waals surface area (Å²) in [6.45, 7) is 3.80. The van der Waals surface area contributed by atoms with Crippen molar-refractivity contribution < 1.29 is 9.66 Å². The number of piperidine rings is 1. The van der Waals surface area contributed by atoms with Gasteiger partial charge >= 0.3 is 0 Å². The van der Waals surface area contributed by atoms with Gasteiger partial charge in [0.25, 0.3) is 5.69 Å². The molecule has 0 amide bonds. The van der Waals surface area contributed by atoms with Crippen LogP contribution in [0, 0.1) is 27.4 Å².